The van der Waals surface area contributed by atoms with Crippen molar-refractivity contribution in [3.05, 3.63) is 59.4 Å². The zero-order valence-corrected chi connectivity index (χ0v) is 10.5. The summed E-state index contributed by atoms with van der Waals surface area (Å²) in [7, 11) is 1.37. The zero-order valence-electron chi connectivity index (χ0n) is 10.5. The van der Waals surface area contributed by atoms with E-state index >= 15 is 0 Å². The summed E-state index contributed by atoms with van der Waals surface area (Å²) in [5.41, 5.74) is -0.137. The lowest BCUT2D eigenvalue weighted by Crippen LogP contribution is -2.13. The Labute approximate surface area is 113 Å². The highest BCUT2D eigenvalue weighted by Crippen LogP contribution is 2.21. The summed E-state index contributed by atoms with van der Waals surface area (Å²) < 4.78 is 39.8. The Kier molecular flexibility index (Phi) is 3.93. The number of carbonyl (C=O) groups is 1. The van der Waals surface area contributed by atoms with Crippen LogP contribution in [0.4, 0.5) is 24.5 Å². The lowest BCUT2D eigenvalue weighted by atomic mass is 10.1. The number of rotatable bonds is 3. The Morgan fingerprint density at radius 2 is 1.55 bits per heavy atom. The maximum absolute atomic E-state index is 13.5. The summed E-state index contributed by atoms with van der Waals surface area (Å²) in [4.78, 5) is 11.8. The third-order valence-corrected chi connectivity index (χ3v) is 2.66. The number of anilines is 2. The highest BCUT2D eigenvalue weighted by atomic mass is 19.1. The van der Waals surface area contributed by atoms with Gasteiger partial charge in [-0.3, -0.25) is 4.79 Å². The molecule has 2 aromatic rings. The van der Waals surface area contributed by atoms with Crippen molar-refractivity contribution in [2.45, 2.75) is 0 Å². The molecule has 104 valence electrons. The standard InChI is InChI=1S/C14H11F3N2O/c1-18-13-11(16)6-8(7-12(13)17)14(20)19-10-4-2-9(15)3-5-10/h2-7,18H,1H3,(H,19,20). The van der Waals surface area contributed by atoms with Gasteiger partial charge in [0.05, 0.1) is 0 Å². The van der Waals surface area contributed by atoms with Crippen molar-refractivity contribution in [3.8, 4) is 0 Å². The largest absolute Gasteiger partial charge is 0.383 e. The smallest absolute Gasteiger partial charge is 0.255 e. The number of hydrogen-bond acceptors (Lipinski definition) is 2. The fourth-order valence-electron chi connectivity index (χ4n) is 1.68. The topological polar surface area (TPSA) is 41.1 Å². The van der Waals surface area contributed by atoms with Crippen molar-refractivity contribution in [2.75, 3.05) is 17.7 Å². The maximum Gasteiger partial charge on any atom is 0.255 e. The van der Waals surface area contributed by atoms with E-state index in [1.807, 2.05) is 0 Å². The normalized spacial score (nSPS) is 10.2. The fourth-order valence-corrected chi connectivity index (χ4v) is 1.68. The predicted molar refractivity (Wildman–Crippen MR) is 70.3 cm³/mol. The van der Waals surface area contributed by atoms with E-state index < -0.39 is 23.4 Å². The van der Waals surface area contributed by atoms with Crippen LogP contribution in [0.2, 0.25) is 0 Å². The van der Waals surface area contributed by atoms with E-state index in [0.29, 0.717) is 5.69 Å². The molecule has 0 aromatic heterocycles. The molecule has 0 heterocycles. The van der Waals surface area contributed by atoms with Crippen LogP contribution in [-0.4, -0.2) is 13.0 Å². The Morgan fingerprint density at radius 1 is 1.00 bits per heavy atom. The number of amides is 1. The molecule has 0 aliphatic rings. The third-order valence-electron chi connectivity index (χ3n) is 2.66. The first-order chi connectivity index (χ1) is 9.51. The van der Waals surface area contributed by atoms with Gasteiger partial charge in [-0.1, -0.05) is 0 Å². The first-order valence-electron chi connectivity index (χ1n) is 5.75. The molecule has 0 aliphatic carbocycles. The fraction of sp³-hybridized carbons (Fsp3) is 0.0714. The van der Waals surface area contributed by atoms with Crippen LogP contribution >= 0.6 is 0 Å². The highest BCUT2D eigenvalue weighted by molar-refractivity contribution is 6.04. The number of nitrogens with one attached hydrogen (secondary N) is 2. The van der Waals surface area contributed by atoms with E-state index in [-0.39, 0.29) is 11.3 Å². The average molecular weight is 280 g/mol. The van der Waals surface area contributed by atoms with Crippen LogP contribution in [0.15, 0.2) is 36.4 Å². The molecule has 0 spiro atoms. The van der Waals surface area contributed by atoms with E-state index in [2.05, 4.69) is 10.6 Å². The molecule has 2 rings (SSSR count). The summed E-state index contributed by atoms with van der Waals surface area (Å²) in [5, 5.41) is 4.78. The van der Waals surface area contributed by atoms with Crippen LogP contribution in [0.25, 0.3) is 0 Å². The molecule has 3 nitrogen and oxygen atoms in total. The summed E-state index contributed by atoms with van der Waals surface area (Å²) in [6.07, 6.45) is 0. The van der Waals surface area contributed by atoms with E-state index in [4.69, 9.17) is 0 Å². The second kappa shape index (κ2) is 5.64. The van der Waals surface area contributed by atoms with Gasteiger partial charge in [-0.25, -0.2) is 13.2 Å². The average Bonchev–Trinajstić information content (AvgIpc) is 2.41. The summed E-state index contributed by atoms with van der Waals surface area (Å²) in [6, 6.07) is 6.88. The van der Waals surface area contributed by atoms with Gasteiger partial charge in [0.2, 0.25) is 0 Å². The molecule has 2 N–H and O–H groups in total. The Bertz CT molecular complexity index is 618. The SMILES string of the molecule is CNc1c(F)cc(C(=O)Nc2ccc(F)cc2)cc1F. The van der Waals surface area contributed by atoms with Gasteiger partial charge < -0.3 is 10.6 Å². The van der Waals surface area contributed by atoms with Crippen LogP contribution < -0.4 is 10.6 Å². The van der Waals surface area contributed by atoms with Gasteiger partial charge in [0.1, 0.15) is 23.1 Å². The molecule has 0 atom stereocenters. The molecule has 1 amide bonds. The second-order valence-electron chi connectivity index (χ2n) is 4.03. The molecular weight excluding hydrogens is 269 g/mol. The van der Waals surface area contributed by atoms with Gasteiger partial charge in [-0.15, -0.1) is 0 Å². The van der Waals surface area contributed by atoms with E-state index in [1.54, 1.807) is 0 Å². The van der Waals surface area contributed by atoms with Crippen molar-refractivity contribution < 1.29 is 18.0 Å². The highest BCUT2D eigenvalue weighted by Gasteiger charge is 2.14. The van der Waals surface area contributed by atoms with E-state index in [9.17, 15) is 18.0 Å². The van der Waals surface area contributed by atoms with Gasteiger partial charge in [0, 0.05) is 18.3 Å². The van der Waals surface area contributed by atoms with E-state index in [1.165, 1.54) is 31.3 Å². The van der Waals surface area contributed by atoms with Gasteiger partial charge in [-0.05, 0) is 36.4 Å². The molecule has 0 saturated heterocycles. The van der Waals surface area contributed by atoms with Crippen LogP contribution in [0.3, 0.4) is 0 Å². The van der Waals surface area contributed by atoms with Crippen LogP contribution in [-0.2, 0) is 0 Å². The molecule has 0 radical (unpaired) electrons. The van der Waals surface area contributed by atoms with Gasteiger partial charge >= 0.3 is 0 Å². The maximum atomic E-state index is 13.5. The van der Waals surface area contributed by atoms with Crippen LogP contribution in [0.5, 0.6) is 0 Å². The molecular formula is C14H11F3N2O. The number of carbonyl (C=O) groups excluding carboxylic acids is 1. The third kappa shape index (κ3) is 2.90. The number of benzene rings is 2. The molecule has 20 heavy (non-hydrogen) atoms. The van der Waals surface area contributed by atoms with Gasteiger partial charge in [0.15, 0.2) is 0 Å². The van der Waals surface area contributed by atoms with Gasteiger partial charge in [-0.2, -0.15) is 0 Å². The minimum Gasteiger partial charge on any atom is -0.383 e. The Hall–Kier alpha value is -2.50. The lowest BCUT2D eigenvalue weighted by Gasteiger charge is -2.08. The first kappa shape index (κ1) is 13.9. The summed E-state index contributed by atoms with van der Waals surface area (Å²) in [6.45, 7) is 0. The van der Waals surface area contributed by atoms with Crippen molar-refractivity contribution in [3.63, 3.8) is 0 Å². The molecule has 0 fully saturated rings. The van der Waals surface area contributed by atoms with Crippen molar-refractivity contribution in [2.24, 2.45) is 0 Å². The molecule has 0 saturated carbocycles. The molecule has 0 unspecified atom stereocenters. The summed E-state index contributed by atoms with van der Waals surface area (Å²) >= 11 is 0. The Balaban J connectivity index is 2.23. The molecule has 0 aliphatic heterocycles. The van der Waals surface area contributed by atoms with Crippen LogP contribution in [0.1, 0.15) is 10.4 Å². The zero-order chi connectivity index (χ0) is 14.7. The van der Waals surface area contributed by atoms with Crippen LogP contribution in [0, 0.1) is 17.5 Å². The molecule has 0 bridgehead atoms. The number of hydrogen-bond donors (Lipinski definition) is 2. The predicted octanol–water partition coefficient (Wildman–Crippen LogP) is 3.40. The second-order valence-corrected chi connectivity index (χ2v) is 4.03. The molecule has 6 heteroatoms. The monoisotopic (exact) mass is 280 g/mol. The Morgan fingerprint density at radius 3 is 2.05 bits per heavy atom. The lowest BCUT2D eigenvalue weighted by molar-refractivity contribution is 0.102. The quantitative estimate of drug-likeness (QED) is 0.904. The van der Waals surface area contributed by atoms with E-state index in [0.717, 1.165) is 12.1 Å². The van der Waals surface area contributed by atoms with Crippen molar-refractivity contribution >= 4 is 17.3 Å². The number of halogens is 3. The summed E-state index contributed by atoms with van der Waals surface area (Å²) in [5.74, 6) is -2.86. The molecule has 2 aromatic carbocycles. The minimum absolute atomic E-state index is 0.164. The van der Waals surface area contributed by atoms with Crippen molar-refractivity contribution in [1.82, 2.24) is 0 Å². The van der Waals surface area contributed by atoms with Gasteiger partial charge in [0.25, 0.3) is 5.91 Å². The van der Waals surface area contributed by atoms with Crippen molar-refractivity contribution in [1.29, 1.82) is 0 Å². The minimum atomic E-state index is -0.864. The first-order valence-corrected chi connectivity index (χ1v) is 5.75.